The quantitative estimate of drug-likeness (QED) is 0.832. The zero-order valence-electron chi connectivity index (χ0n) is 11.6. The van der Waals surface area contributed by atoms with Crippen LogP contribution in [0, 0.1) is 17.2 Å². The van der Waals surface area contributed by atoms with Crippen LogP contribution in [0.3, 0.4) is 0 Å². The zero-order valence-corrected chi connectivity index (χ0v) is 13.2. The van der Waals surface area contributed by atoms with Crippen molar-refractivity contribution in [3.05, 3.63) is 28.7 Å². The number of nitrogens with zero attached hydrogens (tertiary/aromatic N) is 3. The van der Waals surface area contributed by atoms with Crippen LogP contribution in [0.5, 0.6) is 0 Å². The minimum atomic E-state index is 0.248. The fourth-order valence-electron chi connectivity index (χ4n) is 3.36. The number of piperidine rings is 1. The van der Waals surface area contributed by atoms with Crippen LogP contribution in [-0.2, 0) is 0 Å². The van der Waals surface area contributed by atoms with Crippen molar-refractivity contribution in [1.82, 2.24) is 4.90 Å². The summed E-state index contributed by atoms with van der Waals surface area (Å²) in [5.41, 5.74) is 1.31. The van der Waals surface area contributed by atoms with Crippen LogP contribution >= 0.6 is 15.9 Å². The second-order valence-electron chi connectivity index (χ2n) is 5.83. The lowest BCUT2D eigenvalue weighted by molar-refractivity contribution is 0.212. The van der Waals surface area contributed by atoms with Gasteiger partial charge in [-0.25, -0.2) is 0 Å². The average molecular weight is 334 g/mol. The Morgan fingerprint density at radius 1 is 1.10 bits per heavy atom. The average Bonchev–Trinajstić information content (AvgIpc) is 2.97. The Morgan fingerprint density at radius 3 is 2.60 bits per heavy atom. The van der Waals surface area contributed by atoms with E-state index in [2.05, 4.69) is 56.1 Å². The van der Waals surface area contributed by atoms with Gasteiger partial charge in [-0.3, -0.25) is 4.90 Å². The van der Waals surface area contributed by atoms with E-state index >= 15 is 0 Å². The summed E-state index contributed by atoms with van der Waals surface area (Å²) in [7, 11) is 0. The molecule has 0 radical (unpaired) electrons. The number of hydrogen-bond acceptors (Lipinski definition) is 3. The first-order chi connectivity index (χ1) is 9.76. The van der Waals surface area contributed by atoms with Crippen molar-refractivity contribution in [2.45, 2.75) is 25.3 Å². The third-order valence-electron chi connectivity index (χ3n) is 4.51. The summed E-state index contributed by atoms with van der Waals surface area (Å²) in [6.45, 7) is 4.31. The number of benzene rings is 1. The smallest absolute Gasteiger partial charge is 0.0669 e. The predicted octanol–water partition coefficient (Wildman–Crippen LogP) is 3.26. The van der Waals surface area contributed by atoms with Gasteiger partial charge in [-0.05, 0) is 50.1 Å². The van der Waals surface area contributed by atoms with E-state index in [-0.39, 0.29) is 5.92 Å². The molecule has 0 saturated carbocycles. The molecule has 0 aromatic heterocycles. The number of hydrogen-bond donors (Lipinski definition) is 0. The lowest BCUT2D eigenvalue weighted by atomic mass is 10.0. The molecule has 0 amide bonds. The van der Waals surface area contributed by atoms with Crippen LogP contribution in [0.15, 0.2) is 28.7 Å². The van der Waals surface area contributed by atoms with Crippen molar-refractivity contribution in [3.8, 4) is 6.07 Å². The minimum absolute atomic E-state index is 0.248. The molecule has 2 unspecified atom stereocenters. The SMILES string of the molecule is N#CC1CCN(C2CCCN(c3ccc(Br)cc3)C2)C1. The Bertz CT molecular complexity index is 493. The standard InChI is InChI=1S/C16H20BrN3/c17-14-3-5-15(6-4-14)19-8-1-2-16(12-19)20-9-7-13(10-18)11-20/h3-6,13,16H,1-2,7-9,11-12H2. The molecule has 2 heterocycles. The highest BCUT2D eigenvalue weighted by atomic mass is 79.9. The summed E-state index contributed by atoms with van der Waals surface area (Å²) >= 11 is 3.49. The highest BCUT2D eigenvalue weighted by Gasteiger charge is 2.31. The molecule has 0 spiro atoms. The molecule has 2 fully saturated rings. The molecule has 0 bridgehead atoms. The fraction of sp³-hybridized carbons (Fsp3) is 0.562. The van der Waals surface area contributed by atoms with Gasteiger partial charge < -0.3 is 4.90 Å². The second-order valence-corrected chi connectivity index (χ2v) is 6.74. The Morgan fingerprint density at radius 2 is 1.90 bits per heavy atom. The second kappa shape index (κ2) is 6.15. The predicted molar refractivity (Wildman–Crippen MR) is 84.7 cm³/mol. The van der Waals surface area contributed by atoms with Crippen molar-refractivity contribution in [2.75, 3.05) is 31.1 Å². The number of anilines is 1. The molecule has 3 rings (SSSR count). The molecule has 1 aromatic carbocycles. The summed E-state index contributed by atoms with van der Waals surface area (Å²) in [6, 6.07) is 11.6. The zero-order chi connectivity index (χ0) is 13.9. The van der Waals surface area contributed by atoms with E-state index in [4.69, 9.17) is 5.26 Å². The Labute approximate surface area is 129 Å². The van der Waals surface area contributed by atoms with E-state index in [9.17, 15) is 0 Å². The van der Waals surface area contributed by atoms with Crippen molar-refractivity contribution in [1.29, 1.82) is 5.26 Å². The number of likely N-dealkylation sites (tertiary alicyclic amines) is 1. The molecule has 106 valence electrons. The van der Waals surface area contributed by atoms with Gasteiger partial charge in [0, 0.05) is 35.8 Å². The van der Waals surface area contributed by atoms with Gasteiger partial charge in [-0.1, -0.05) is 15.9 Å². The molecule has 20 heavy (non-hydrogen) atoms. The van der Waals surface area contributed by atoms with Crippen LogP contribution in [0.1, 0.15) is 19.3 Å². The monoisotopic (exact) mass is 333 g/mol. The van der Waals surface area contributed by atoms with Crippen LogP contribution < -0.4 is 4.90 Å². The summed E-state index contributed by atoms with van der Waals surface area (Å²) in [5.74, 6) is 0.248. The van der Waals surface area contributed by atoms with E-state index in [1.807, 2.05) is 0 Å². The minimum Gasteiger partial charge on any atom is -0.370 e. The van der Waals surface area contributed by atoms with E-state index in [0.717, 1.165) is 37.1 Å². The molecule has 0 N–H and O–H groups in total. The Hall–Kier alpha value is -1.05. The molecule has 4 heteroatoms. The number of nitriles is 1. The first kappa shape index (κ1) is 13.9. The van der Waals surface area contributed by atoms with E-state index in [1.165, 1.54) is 18.5 Å². The molecule has 2 saturated heterocycles. The summed E-state index contributed by atoms with van der Waals surface area (Å²) < 4.78 is 1.13. The topological polar surface area (TPSA) is 30.3 Å². The van der Waals surface area contributed by atoms with Gasteiger partial charge >= 0.3 is 0 Å². The van der Waals surface area contributed by atoms with Gasteiger partial charge in [0.2, 0.25) is 0 Å². The first-order valence-electron chi connectivity index (χ1n) is 7.40. The van der Waals surface area contributed by atoms with Gasteiger partial charge in [0.15, 0.2) is 0 Å². The van der Waals surface area contributed by atoms with Gasteiger partial charge in [0.1, 0.15) is 0 Å². The molecule has 3 nitrogen and oxygen atoms in total. The van der Waals surface area contributed by atoms with Gasteiger partial charge in [-0.2, -0.15) is 5.26 Å². The third-order valence-corrected chi connectivity index (χ3v) is 5.04. The summed E-state index contributed by atoms with van der Waals surface area (Å²) in [4.78, 5) is 5.01. The van der Waals surface area contributed by atoms with Crippen molar-refractivity contribution >= 4 is 21.6 Å². The number of rotatable bonds is 2. The lowest BCUT2D eigenvalue weighted by Crippen LogP contribution is -2.47. The lowest BCUT2D eigenvalue weighted by Gasteiger charge is -2.38. The normalized spacial score (nSPS) is 27.5. The molecule has 2 atom stereocenters. The van der Waals surface area contributed by atoms with Gasteiger partial charge in [0.05, 0.1) is 12.0 Å². The van der Waals surface area contributed by atoms with Crippen LogP contribution in [-0.4, -0.2) is 37.1 Å². The molecule has 2 aliphatic rings. The maximum absolute atomic E-state index is 9.05. The maximum atomic E-state index is 9.05. The third kappa shape index (κ3) is 2.99. The maximum Gasteiger partial charge on any atom is 0.0669 e. The molecule has 2 aliphatic heterocycles. The number of halogens is 1. The fourth-order valence-corrected chi connectivity index (χ4v) is 3.63. The van der Waals surface area contributed by atoms with Crippen molar-refractivity contribution in [2.24, 2.45) is 5.92 Å². The van der Waals surface area contributed by atoms with E-state index in [0.29, 0.717) is 6.04 Å². The highest BCUT2D eigenvalue weighted by Crippen LogP contribution is 2.27. The summed E-state index contributed by atoms with van der Waals surface area (Å²) in [5, 5.41) is 9.05. The van der Waals surface area contributed by atoms with Gasteiger partial charge in [0.25, 0.3) is 0 Å². The largest absolute Gasteiger partial charge is 0.370 e. The Kier molecular flexibility index (Phi) is 4.28. The van der Waals surface area contributed by atoms with Crippen LogP contribution in [0.25, 0.3) is 0 Å². The summed E-state index contributed by atoms with van der Waals surface area (Å²) in [6.07, 6.45) is 3.56. The van der Waals surface area contributed by atoms with Crippen molar-refractivity contribution < 1.29 is 0 Å². The van der Waals surface area contributed by atoms with Crippen molar-refractivity contribution in [3.63, 3.8) is 0 Å². The molecular formula is C16H20BrN3. The van der Waals surface area contributed by atoms with Crippen LogP contribution in [0.4, 0.5) is 5.69 Å². The van der Waals surface area contributed by atoms with Gasteiger partial charge in [-0.15, -0.1) is 0 Å². The van der Waals surface area contributed by atoms with E-state index < -0.39 is 0 Å². The molecule has 0 aliphatic carbocycles. The van der Waals surface area contributed by atoms with E-state index in [1.54, 1.807) is 0 Å². The van der Waals surface area contributed by atoms with Crippen LogP contribution in [0.2, 0.25) is 0 Å². The highest BCUT2D eigenvalue weighted by molar-refractivity contribution is 9.10. The first-order valence-corrected chi connectivity index (χ1v) is 8.20. The Balaban J connectivity index is 1.65. The molecule has 1 aromatic rings. The molecular weight excluding hydrogens is 314 g/mol.